The smallest absolute Gasteiger partial charge is 0.391 e. The lowest BCUT2D eigenvalue weighted by molar-refractivity contribution is -0.137. The van der Waals surface area contributed by atoms with Crippen LogP contribution in [0.1, 0.15) is 25.3 Å². The van der Waals surface area contributed by atoms with Gasteiger partial charge in [0.1, 0.15) is 0 Å². The summed E-state index contributed by atoms with van der Waals surface area (Å²) in [5.41, 5.74) is -0.749. The summed E-state index contributed by atoms with van der Waals surface area (Å²) in [6.07, 6.45) is -3.71. The second-order valence-corrected chi connectivity index (χ2v) is 4.93. The summed E-state index contributed by atoms with van der Waals surface area (Å²) >= 11 is 3.02. The van der Waals surface area contributed by atoms with Gasteiger partial charge in [0.05, 0.1) is 11.7 Å². The average molecular weight is 326 g/mol. The van der Waals surface area contributed by atoms with E-state index in [1.54, 1.807) is 0 Å². The molecule has 0 radical (unpaired) electrons. The van der Waals surface area contributed by atoms with Crippen LogP contribution in [0.3, 0.4) is 0 Å². The Morgan fingerprint density at radius 1 is 1.39 bits per heavy atom. The maximum Gasteiger partial charge on any atom is 0.418 e. The molecule has 0 saturated carbocycles. The summed E-state index contributed by atoms with van der Waals surface area (Å²) in [6, 6.07) is 3.91. The highest BCUT2D eigenvalue weighted by atomic mass is 79.9. The zero-order valence-electron chi connectivity index (χ0n) is 9.89. The molecule has 0 aromatic heterocycles. The number of halogens is 4. The average Bonchev–Trinajstić information content (AvgIpc) is 2.26. The quantitative estimate of drug-likeness (QED) is 0.856. The van der Waals surface area contributed by atoms with E-state index in [1.807, 2.05) is 6.92 Å². The van der Waals surface area contributed by atoms with E-state index in [2.05, 4.69) is 21.2 Å². The number of hydrogen-bond acceptors (Lipinski definition) is 2. The van der Waals surface area contributed by atoms with Gasteiger partial charge in [-0.15, -0.1) is 0 Å². The van der Waals surface area contributed by atoms with E-state index in [-0.39, 0.29) is 12.2 Å². The standard InChI is InChI=1S/C12H15BrF3NO/c1-2-3-9(18)7-17-11-5-4-8(13)6-10(11)12(14,15)16/h4-6,9,17-18H,2-3,7H2,1H3. The van der Waals surface area contributed by atoms with Crippen LogP contribution < -0.4 is 5.32 Å². The van der Waals surface area contributed by atoms with E-state index < -0.39 is 17.8 Å². The third-order valence-electron chi connectivity index (χ3n) is 2.44. The lowest BCUT2D eigenvalue weighted by atomic mass is 10.1. The monoisotopic (exact) mass is 325 g/mol. The van der Waals surface area contributed by atoms with Gasteiger partial charge in [-0.1, -0.05) is 29.3 Å². The third kappa shape index (κ3) is 4.49. The summed E-state index contributed by atoms with van der Waals surface area (Å²) in [5, 5.41) is 12.1. The van der Waals surface area contributed by atoms with Crippen molar-refractivity contribution in [1.82, 2.24) is 0 Å². The lowest BCUT2D eigenvalue weighted by Crippen LogP contribution is -2.21. The first-order valence-electron chi connectivity index (χ1n) is 5.63. The molecule has 0 bridgehead atoms. The Morgan fingerprint density at radius 3 is 2.61 bits per heavy atom. The van der Waals surface area contributed by atoms with Crippen molar-refractivity contribution in [2.24, 2.45) is 0 Å². The van der Waals surface area contributed by atoms with Gasteiger partial charge in [0.25, 0.3) is 0 Å². The Balaban J connectivity index is 2.82. The van der Waals surface area contributed by atoms with E-state index in [0.717, 1.165) is 12.5 Å². The maximum absolute atomic E-state index is 12.8. The summed E-state index contributed by atoms with van der Waals surface area (Å²) < 4.78 is 38.7. The third-order valence-corrected chi connectivity index (χ3v) is 2.93. The van der Waals surface area contributed by atoms with Crippen molar-refractivity contribution >= 4 is 21.6 Å². The SMILES string of the molecule is CCCC(O)CNc1ccc(Br)cc1C(F)(F)F. The van der Waals surface area contributed by atoms with Crippen molar-refractivity contribution in [2.45, 2.75) is 32.0 Å². The number of aliphatic hydroxyl groups is 1. The van der Waals surface area contributed by atoms with Gasteiger partial charge in [-0.3, -0.25) is 0 Å². The minimum atomic E-state index is -4.41. The van der Waals surface area contributed by atoms with Crippen LogP contribution in [0.25, 0.3) is 0 Å². The van der Waals surface area contributed by atoms with Gasteiger partial charge in [0, 0.05) is 16.7 Å². The molecule has 0 heterocycles. The van der Waals surface area contributed by atoms with Gasteiger partial charge >= 0.3 is 6.18 Å². The van der Waals surface area contributed by atoms with Gasteiger partial charge in [0.15, 0.2) is 0 Å². The molecule has 18 heavy (non-hydrogen) atoms. The Kier molecular flexibility index (Phi) is 5.47. The van der Waals surface area contributed by atoms with Crippen molar-refractivity contribution in [3.05, 3.63) is 28.2 Å². The molecule has 0 amide bonds. The largest absolute Gasteiger partial charge is 0.418 e. The van der Waals surface area contributed by atoms with Crippen molar-refractivity contribution < 1.29 is 18.3 Å². The summed E-state index contributed by atoms with van der Waals surface area (Å²) in [6.45, 7) is 2.02. The first kappa shape index (κ1) is 15.3. The van der Waals surface area contributed by atoms with Crippen molar-refractivity contribution in [3.8, 4) is 0 Å². The van der Waals surface area contributed by atoms with Crippen LogP contribution in [0.5, 0.6) is 0 Å². The van der Waals surface area contributed by atoms with Gasteiger partial charge in [-0.05, 0) is 24.6 Å². The maximum atomic E-state index is 12.8. The number of benzene rings is 1. The van der Waals surface area contributed by atoms with E-state index in [4.69, 9.17) is 0 Å². The van der Waals surface area contributed by atoms with Gasteiger partial charge in [0.2, 0.25) is 0 Å². The molecular formula is C12H15BrF3NO. The van der Waals surface area contributed by atoms with Crippen molar-refractivity contribution in [1.29, 1.82) is 0 Å². The minimum absolute atomic E-state index is 0.0131. The molecule has 2 N–H and O–H groups in total. The fourth-order valence-corrected chi connectivity index (χ4v) is 1.93. The van der Waals surface area contributed by atoms with Crippen molar-refractivity contribution in [2.75, 3.05) is 11.9 Å². The Labute approximate surface area is 112 Å². The second-order valence-electron chi connectivity index (χ2n) is 4.01. The van der Waals surface area contributed by atoms with Crippen LogP contribution in [0.15, 0.2) is 22.7 Å². The molecule has 1 rings (SSSR count). The zero-order valence-corrected chi connectivity index (χ0v) is 11.5. The number of alkyl halides is 3. The zero-order chi connectivity index (χ0) is 13.8. The number of rotatable bonds is 5. The number of aliphatic hydroxyl groups excluding tert-OH is 1. The molecule has 1 unspecified atom stereocenters. The van der Waals surface area contributed by atoms with E-state index >= 15 is 0 Å². The Hall–Kier alpha value is -0.750. The number of anilines is 1. The van der Waals surface area contributed by atoms with Gasteiger partial charge in [-0.2, -0.15) is 13.2 Å². The molecule has 0 aliphatic heterocycles. The molecule has 102 valence electrons. The molecule has 2 nitrogen and oxygen atoms in total. The topological polar surface area (TPSA) is 32.3 Å². The molecule has 0 aliphatic rings. The molecule has 1 aromatic rings. The normalized spacial score (nSPS) is 13.4. The predicted octanol–water partition coefficient (Wildman–Crippen LogP) is 4.04. The predicted molar refractivity (Wildman–Crippen MR) is 68.5 cm³/mol. The first-order valence-corrected chi connectivity index (χ1v) is 6.42. The molecule has 0 fully saturated rings. The lowest BCUT2D eigenvalue weighted by Gasteiger charge is -2.17. The highest BCUT2D eigenvalue weighted by Gasteiger charge is 2.33. The molecule has 6 heteroatoms. The molecule has 1 aromatic carbocycles. The van der Waals surface area contributed by atoms with Crippen molar-refractivity contribution in [3.63, 3.8) is 0 Å². The highest BCUT2D eigenvalue weighted by molar-refractivity contribution is 9.10. The van der Waals surface area contributed by atoms with Crippen LogP contribution in [0.4, 0.5) is 18.9 Å². The Morgan fingerprint density at radius 2 is 2.06 bits per heavy atom. The van der Waals surface area contributed by atoms with E-state index in [9.17, 15) is 18.3 Å². The molecular weight excluding hydrogens is 311 g/mol. The summed E-state index contributed by atoms with van der Waals surface area (Å²) in [5.74, 6) is 0. The van der Waals surface area contributed by atoms with Crippen LogP contribution in [-0.4, -0.2) is 17.8 Å². The molecule has 0 spiro atoms. The first-order chi connectivity index (χ1) is 8.34. The van der Waals surface area contributed by atoms with Gasteiger partial charge < -0.3 is 10.4 Å². The molecule has 0 aliphatic carbocycles. The minimum Gasteiger partial charge on any atom is -0.391 e. The molecule has 0 saturated heterocycles. The second kappa shape index (κ2) is 6.43. The van der Waals surface area contributed by atoms with E-state index in [0.29, 0.717) is 10.9 Å². The fraction of sp³-hybridized carbons (Fsp3) is 0.500. The fourth-order valence-electron chi connectivity index (χ4n) is 1.57. The van der Waals surface area contributed by atoms with Crippen LogP contribution in [-0.2, 0) is 6.18 Å². The number of nitrogens with one attached hydrogen (secondary N) is 1. The van der Waals surface area contributed by atoms with Gasteiger partial charge in [-0.25, -0.2) is 0 Å². The van der Waals surface area contributed by atoms with Crippen LogP contribution in [0, 0.1) is 0 Å². The molecule has 1 atom stereocenters. The highest BCUT2D eigenvalue weighted by Crippen LogP contribution is 2.36. The van der Waals surface area contributed by atoms with Crippen LogP contribution in [0.2, 0.25) is 0 Å². The number of hydrogen-bond donors (Lipinski definition) is 2. The van der Waals surface area contributed by atoms with E-state index in [1.165, 1.54) is 12.1 Å². The Bertz CT molecular complexity index is 395. The summed E-state index contributed by atoms with van der Waals surface area (Å²) in [7, 11) is 0. The summed E-state index contributed by atoms with van der Waals surface area (Å²) in [4.78, 5) is 0. The van der Waals surface area contributed by atoms with Crippen LogP contribution >= 0.6 is 15.9 Å².